The van der Waals surface area contributed by atoms with Crippen molar-refractivity contribution in [1.82, 2.24) is 5.32 Å². The molecule has 5 N–H and O–H groups in total. The van der Waals surface area contributed by atoms with Gasteiger partial charge in [0.05, 0.1) is 11.6 Å². The molecule has 0 unspecified atom stereocenters. The summed E-state index contributed by atoms with van der Waals surface area (Å²) in [7, 11) is 1.50. The van der Waals surface area contributed by atoms with Gasteiger partial charge in [-0.1, -0.05) is 43.3 Å². The van der Waals surface area contributed by atoms with Crippen LogP contribution in [0.2, 0.25) is 0 Å². The lowest BCUT2D eigenvalue weighted by Gasteiger charge is -2.24. The van der Waals surface area contributed by atoms with Crippen molar-refractivity contribution in [2.45, 2.75) is 40.5 Å². The van der Waals surface area contributed by atoms with E-state index >= 15 is 0 Å². The number of aryl methyl sites for hydroxylation is 1. The van der Waals surface area contributed by atoms with Crippen LogP contribution in [0.1, 0.15) is 45.2 Å². The number of hydrogen-bond donors (Lipinski definition) is 3. The molecule has 7 heteroatoms. The molecule has 0 saturated carbocycles. The molecule has 0 bridgehead atoms. The molecule has 0 aromatic heterocycles. The number of rotatable bonds is 7. The smallest absolute Gasteiger partial charge is 0.244 e. The Kier molecular flexibility index (Phi) is 12.7. The monoisotopic (exact) mass is 393 g/mol. The molecular formula is C20H31N3O3S. The Morgan fingerprint density at radius 1 is 1.30 bits per heavy atom. The third-order valence-corrected chi connectivity index (χ3v) is 4.70. The number of fused-ring (bicyclic) bond motifs is 1. The van der Waals surface area contributed by atoms with Crippen molar-refractivity contribution >= 4 is 29.0 Å². The first-order chi connectivity index (χ1) is 13.1. The third-order valence-electron chi connectivity index (χ3n) is 3.48. The maximum atomic E-state index is 11.2. The number of amides is 2. The fourth-order valence-corrected chi connectivity index (χ4v) is 3.62. The molecule has 27 heavy (non-hydrogen) atoms. The first kappa shape index (κ1) is 24.8. The molecule has 0 spiro atoms. The molecule has 0 heterocycles. The fraction of sp³-hybridized carbons (Fsp3) is 0.400. The number of nitrogens with one attached hydrogen (secondary N) is 1. The van der Waals surface area contributed by atoms with Crippen LogP contribution in [0.15, 0.2) is 34.9 Å². The van der Waals surface area contributed by atoms with Crippen LogP contribution in [-0.4, -0.2) is 26.0 Å². The highest BCUT2D eigenvalue weighted by Gasteiger charge is 2.22. The quantitative estimate of drug-likeness (QED) is 0.487. The molecule has 1 aliphatic rings. The number of carbonyl (C=O) groups excluding carboxylic acids is 2. The van der Waals surface area contributed by atoms with E-state index in [1.165, 1.54) is 36.0 Å². The van der Waals surface area contributed by atoms with Gasteiger partial charge in [0.2, 0.25) is 12.3 Å². The van der Waals surface area contributed by atoms with E-state index in [9.17, 15) is 9.59 Å². The van der Waals surface area contributed by atoms with Crippen LogP contribution in [0.25, 0.3) is 4.91 Å². The molecule has 0 saturated heterocycles. The average Bonchev–Trinajstić information content (AvgIpc) is 2.67. The molecule has 0 fully saturated rings. The number of hydrogen-bond acceptors (Lipinski definition) is 5. The van der Waals surface area contributed by atoms with Crippen molar-refractivity contribution in [3.8, 4) is 5.75 Å². The van der Waals surface area contributed by atoms with Gasteiger partial charge in [0.25, 0.3) is 0 Å². The van der Waals surface area contributed by atoms with E-state index < -0.39 is 5.91 Å². The molecule has 1 aromatic carbocycles. The Morgan fingerprint density at radius 3 is 2.52 bits per heavy atom. The highest BCUT2D eigenvalue weighted by Crippen LogP contribution is 2.45. The standard InChI is InChI=1S/C17H20N2O3S.C2H6.CH5N/c1-3-22-13-6-4-5-12-8-7-11(2)17(16(12)13)23-15(19-10-20)9-14(18)21;2*1-2/h4-6,9-10H,3,7-8H2,1-2H3,(H2,18,21)(H,19,20);1-2H3;2H2,1H3/b15-9+;;. The Bertz CT molecular complexity index is 685. The second kappa shape index (κ2) is 13.9. The van der Waals surface area contributed by atoms with Gasteiger partial charge in [-0.25, -0.2) is 0 Å². The Balaban J connectivity index is 0.00000158. The van der Waals surface area contributed by atoms with Gasteiger partial charge in [-0.15, -0.1) is 0 Å². The van der Waals surface area contributed by atoms with E-state index in [-0.39, 0.29) is 0 Å². The molecule has 2 rings (SSSR count). The second-order valence-corrected chi connectivity index (χ2v) is 6.16. The molecule has 1 aliphatic carbocycles. The van der Waals surface area contributed by atoms with Gasteiger partial charge in [-0.05, 0) is 45.4 Å². The Labute approximate surface area is 166 Å². The van der Waals surface area contributed by atoms with Gasteiger partial charge in [0.1, 0.15) is 5.75 Å². The topological polar surface area (TPSA) is 107 Å². The number of allylic oxidation sites excluding steroid dienone is 1. The SMILES string of the molecule is CC.CCOc1cccc2c1C(S/C(=C/C(N)=O)NC=O)=C(C)CC2.CN. The summed E-state index contributed by atoms with van der Waals surface area (Å²) in [6, 6.07) is 6.00. The van der Waals surface area contributed by atoms with E-state index in [4.69, 9.17) is 10.5 Å². The van der Waals surface area contributed by atoms with Gasteiger partial charge in [-0.3, -0.25) is 9.59 Å². The minimum atomic E-state index is -0.603. The first-order valence-electron chi connectivity index (χ1n) is 8.98. The average molecular weight is 394 g/mol. The molecule has 6 nitrogen and oxygen atoms in total. The summed E-state index contributed by atoms with van der Waals surface area (Å²) in [5, 5.41) is 2.94. The predicted molar refractivity (Wildman–Crippen MR) is 114 cm³/mol. The summed E-state index contributed by atoms with van der Waals surface area (Å²) in [4.78, 5) is 22.9. The van der Waals surface area contributed by atoms with E-state index in [1.54, 1.807) is 0 Å². The largest absolute Gasteiger partial charge is 0.493 e. The number of primary amides is 1. The van der Waals surface area contributed by atoms with Crippen LogP contribution < -0.4 is 21.5 Å². The lowest BCUT2D eigenvalue weighted by atomic mass is 9.92. The summed E-state index contributed by atoms with van der Waals surface area (Å²) in [5.74, 6) is 0.213. The summed E-state index contributed by atoms with van der Waals surface area (Å²) in [5.41, 5.74) is 13.1. The molecule has 150 valence electrons. The number of nitrogens with two attached hydrogens (primary N) is 2. The number of thioether (sulfide) groups is 1. The second-order valence-electron chi connectivity index (χ2n) is 5.11. The highest BCUT2D eigenvalue weighted by atomic mass is 32.2. The molecule has 2 amide bonds. The third kappa shape index (κ3) is 7.48. The summed E-state index contributed by atoms with van der Waals surface area (Å²) >= 11 is 1.33. The van der Waals surface area contributed by atoms with E-state index in [1.807, 2.05) is 32.9 Å². The van der Waals surface area contributed by atoms with Crippen molar-refractivity contribution in [3.05, 3.63) is 46.0 Å². The summed E-state index contributed by atoms with van der Waals surface area (Å²) < 4.78 is 5.76. The summed E-state index contributed by atoms with van der Waals surface area (Å²) in [6.07, 6.45) is 3.63. The van der Waals surface area contributed by atoms with Crippen LogP contribution in [0, 0.1) is 0 Å². The van der Waals surface area contributed by atoms with Crippen molar-refractivity contribution < 1.29 is 14.3 Å². The van der Waals surface area contributed by atoms with Crippen LogP contribution in [0.4, 0.5) is 0 Å². The van der Waals surface area contributed by atoms with Gasteiger partial charge in [0, 0.05) is 16.5 Å². The maximum Gasteiger partial charge on any atom is 0.244 e. The lowest BCUT2D eigenvalue weighted by molar-refractivity contribution is -0.113. The molecular weight excluding hydrogens is 362 g/mol. The van der Waals surface area contributed by atoms with Crippen LogP contribution in [0.5, 0.6) is 5.75 Å². The fourth-order valence-electron chi connectivity index (χ4n) is 2.50. The zero-order valence-corrected chi connectivity index (χ0v) is 17.6. The molecule has 0 aliphatic heterocycles. The zero-order chi connectivity index (χ0) is 20.8. The van der Waals surface area contributed by atoms with Crippen molar-refractivity contribution in [3.63, 3.8) is 0 Å². The van der Waals surface area contributed by atoms with Gasteiger partial charge in [-0.2, -0.15) is 0 Å². The molecule has 0 atom stereocenters. The van der Waals surface area contributed by atoms with Gasteiger partial charge >= 0.3 is 0 Å². The Morgan fingerprint density at radius 2 is 1.96 bits per heavy atom. The highest BCUT2D eigenvalue weighted by molar-refractivity contribution is 8.11. The van der Waals surface area contributed by atoms with E-state index in [0.29, 0.717) is 18.0 Å². The molecule has 1 aromatic rings. The molecule has 0 radical (unpaired) electrons. The normalized spacial score (nSPS) is 12.6. The minimum absolute atomic E-state index is 0.404. The van der Waals surface area contributed by atoms with E-state index in [0.717, 1.165) is 29.1 Å². The van der Waals surface area contributed by atoms with Crippen LogP contribution in [0.3, 0.4) is 0 Å². The Hall–Kier alpha value is -2.25. The van der Waals surface area contributed by atoms with Crippen molar-refractivity contribution in [1.29, 1.82) is 0 Å². The minimum Gasteiger partial charge on any atom is -0.493 e. The van der Waals surface area contributed by atoms with Gasteiger partial charge < -0.3 is 21.5 Å². The lowest BCUT2D eigenvalue weighted by Crippen LogP contribution is -2.14. The van der Waals surface area contributed by atoms with E-state index in [2.05, 4.69) is 24.0 Å². The number of carbonyl (C=O) groups is 2. The zero-order valence-electron chi connectivity index (χ0n) is 16.8. The van der Waals surface area contributed by atoms with Gasteiger partial charge in [0.15, 0.2) is 0 Å². The van der Waals surface area contributed by atoms with Crippen LogP contribution >= 0.6 is 11.8 Å². The van der Waals surface area contributed by atoms with Crippen LogP contribution in [-0.2, 0) is 16.0 Å². The first-order valence-corrected chi connectivity index (χ1v) is 9.80. The predicted octanol–water partition coefficient (Wildman–Crippen LogP) is 3.17. The van der Waals surface area contributed by atoms with Crippen molar-refractivity contribution in [2.24, 2.45) is 11.5 Å². The van der Waals surface area contributed by atoms with Crippen molar-refractivity contribution in [2.75, 3.05) is 13.7 Å². The summed E-state index contributed by atoms with van der Waals surface area (Å²) in [6.45, 7) is 8.57. The maximum absolute atomic E-state index is 11.2. The number of ether oxygens (including phenoxy) is 1. The number of benzene rings is 1.